The summed E-state index contributed by atoms with van der Waals surface area (Å²) < 4.78 is 0. The maximum absolute atomic E-state index is 5.17. The van der Waals surface area contributed by atoms with Crippen molar-refractivity contribution in [1.29, 1.82) is 0 Å². The van der Waals surface area contributed by atoms with Crippen molar-refractivity contribution in [3.63, 3.8) is 0 Å². The Morgan fingerprint density at radius 3 is 2.00 bits per heavy atom. The molecule has 0 aromatic heterocycles. The van der Waals surface area contributed by atoms with Gasteiger partial charge in [-0.15, -0.1) is 12.3 Å². The number of hydrogen-bond acceptors (Lipinski definition) is 1. The van der Waals surface area contributed by atoms with Crippen LogP contribution in [0.1, 0.15) is 51.4 Å². The maximum Gasteiger partial charge on any atom is 0.00860 e. The molecule has 0 fully saturated rings. The Kier molecular flexibility index (Phi) is 11.8. The molecule has 0 rings (SSSR count). The summed E-state index contributed by atoms with van der Waals surface area (Å²) in [7, 11) is 0. The van der Waals surface area contributed by atoms with Gasteiger partial charge in [-0.05, 0) is 24.9 Å². The first-order chi connectivity index (χ1) is 6.41. The molecule has 0 bridgehead atoms. The van der Waals surface area contributed by atoms with Crippen molar-refractivity contribution >= 4 is 11.8 Å². The minimum atomic E-state index is 0.965. The van der Waals surface area contributed by atoms with E-state index in [4.69, 9.17) is 6.42 Å². The average Bonchev–Trinajstić information content (AvgIpc) is 2.16. The van der Waals surface area contributed by atoms with Crippen LogP contribution in [0, 0.1) is 12.3 Å². The second kappa shape index (κ2) is 11.9. The highest BCUT2D eigenvalue weighted by Crippen LogP contribution is 2.09. The molecular formula is C12H22S. The van der Waals surface area contributed by atoms with E-state index in [1.165, 1.54) is 50.7 Å². The third kappa shape index (κ3) is 11.9. The molecule has 0 amide bonds. The summed E-state index contributed by atoms with van der Waals surface area (Å²) in [5, 5.41) is 0. The third-order valence-electron chi connectivity index (χ3n) is 2.17. The Hall–Kier alpha value is -0.0900. The first-order valence-electron chi connectivity index (χ1n) is 5.34. The van der Waals surface area contributed by atoms with Crippen LogP contribution in [0.4, 0.5) is 0 Å². The zero-order valence-electron chi connectivity index (χ0n) is 8.85. The van der Waals surface area contributed by atoms with Gasteiger partial charge in [-0.2, -0.15) is 11.8 Å². The molecule has 0 spiro atoms. The van der Waals surface area contributed by atoms with Crippen LogP contribution in [0.2, 0.25) is 0 Å². The van der Waals surface area contributed by atoms with Crippen molar-refractivity contribution in [3.8, 4) is 12.3 Å². The summed E-state index contributed by atoms with van der Waals surface area (Å²) in [6.45, 7) is 0. The van der Waals surface area contributed by atoms with Crippen LogP contribution in [0.3, 0.4) is 0 Å². The molecule has 0 aliphatic carbocycles. The summed E-state index contributed by atoms with van der Waals surface area (Å²) >= 11 is 1.95. The molecule has 0 atom stereocenters. The number of hydrogen-bond donors (Lipinski definition) is 0. The minimum absolute atomic E-state index is 0.965. The smallest absolute Gasteiger partial charge is 0.00860 e. The second-order valence-electron chi connectivity index (χ2n) is 3.42. The summed E-state index contributed by atoms with van der Waals surface area (Å²) in [4.78, 5) is 0. The molecule has 0 aliphatic heterocycles. The van der Waals surface area contributed by atoms with Gasteiger partial charge in [0, 0.05) is 6.42 Å². The largest absolute Gasteiger partial charge is 0.165 e. The highest BCUT2D eigenvalue weighted by atomic mass is 32.2. The van der Waals surface area contributed by atoms with Crippen molar-refractivity contribution in [3.05, 3.63) is 0 Å². The van der Waals surface area contributed by atoms with E-state index in [9.17, 15) is 0 Å². The van der Waals surface area contributed by atoms with Crippen LogP contribution in [0.25, 0.3) is 0 Å². The Balaban J connectivity index is 2.80. The fourth-order valence-electron chi connectivity index (χ4n) is 1.36. The van der Waals surface area contributed by atoms with Gasteiger partial charge in [0.05, 0.1) is 0 Å². The van der Waals surface area contributed by atoms with E-state index in [2.05, 4.69) is 12.2 Å². The van der Waals surface area contributed by atoms with E-state index in [1.807, 2.05) is 11.8 Å². The van der Waals surface area contributed by atoms with Gasteiger partial charge in [-0.3, -0.25) is 0 Å². The summed E-state index contributed by atoms with van der Waals surface area (Å²) in [5.74, 6) is 4.01. The quantitative estimate of drug-likeness (QED) is 0.397. The lowest BCUT2D eigenvalue weighted by Crippen LogP contribution is -1.82. The van der Waals surface area contributed by atoms with Gasteiger partial charge in [-0.25, -0.2) is 0 Å². The number of terminal acetylenes is 1. The Morgan fingerprint density at radius 1 is 0.923 bits per heavy atom. The molecule has 0 nitrogen and oxygen atoms in total. The van der Waals surface area contributed by atoms with Crippen molar-refractivity contribution in [2.45, 2.75) is 51.4 Å². The zero-order chi connectivity index (χ0) is 9.78. The SMILES string of the molecule is C#CCCCCCCCCCSC. The standard InChI is InChI=1S/C12H22S/c1-3-4-5-6-7-8-9-10-11-12-13-2/h1H,4-12H2,2H3. The van der Waals surface area contributed by atoms with E-state index >= 15 is 0 Å². The molecule has 0 aromatic rings. The fourth-order valence-corrected chi connectivity index (χ4v) is 1.85. The highest BCUT2D eigenvalue weighted by molar-refractivity contribution is 7.98. The molecule has 0 saturated heterocycles. The lowest BCUT2D eigenvalue weighted by Gasteiger charge is -1.99. The van der Waals surface area contributed by atoms with Crippen molar-refractivity contribution in [1.82, 2.24) is 0 Å². The molecule has 0 N–H and O–H groups in total. The van der Waals surface area contributed by atoms with E-state index in [1.54, 1.807) is 0 Å². The summed E-state index contributed by atoms with van der Waals surface area (Å²) in [6, 6.07) is 0. The van der Waals surface area contributed by atoms with E-state index in [-0.39, 0.29) is 0 Å². The fraction of sp³-hybridized carbons (Fsp3) is 0.833. The lowest BCUT2D eigenvalue weighted by atomic mass is 10.1. The molecule has 0 heterocycles. The minimum Gasteiger partial charge on any atom is -0.165 e. The van der Waals surface area contributed by atoms with Gasteiger partial charge in [0.15, 0.2) is 0 Å². The first-order valence-corrected chi connectivity index (χ1v) is 6.73. The van der Waals surface area contributed by atoms with E-state index in [0.717, 1.165) is 6.42 Å². The third-order valence-corrected chi connectivity index (χ3v) is 2.87. The molecule has 0 aromatic carbocycles. The first kappa shape index (κ1) is 12.9. The van der Waals surface area contributed by atoms with Crippen LogP contribution < -0.4 is 0 Å². The highest BCUT2D eigenvalue weighted by Gasteiger charge is 1.90. The number of thioether (sulfide) groups is 1. The van der Waals surface area contributed by atoms with Gasteiger partial charge < -0.3 is 0 Å². The monoisotopic (exact) mass is 198 g/mol. The van der Waals surface area contributed by atoms with E-state index < -0.39 is 0 Å². The number of rotatable bonds is 9. The normalized spacial score (nSPS) is 9.85. The van der Waals surface area contributed by atoms with Crippen LogP contribution in [-0.2, 0) is 0 Å². The predicted molar refractivity (Wildman–Crippen MR) is 64.2 cm³/mol. The van der Waals surface area contributed by atoms with Gasteiger partial charge >= 0.3 is 0 Å². The molecule has 0 saturated carbocycles. The molecule has 76 valence electrons. The van der Waals surface area contributed by atoms with Crippen LogP contribution in [0.15, 0.2) is 0 Å². The summed E-state index contributed by atoms with van der Waals surface area (Å²) in [6.07, 6.45) is 17.9. The van der Waals surface area contributed by atoms with Gasteiger partial charge in [-0.1, -0.05) is 32.1 Å². The van der Waals surface area contributed by atoms with Gasteiger partial charge in [0.2, 0.25) is 0 Å². The van der Waals surface area contributed by atoms with Crippen molar-refractivity contribution in [2.24, 2.45) is 0 Å². The Morgan fingerprint density at radius 2 is 1.46 bits per heavy atom. The zero-order valence-corrected chi connectivity index (χ0v) is 9.67. The summed E-state index contributed by atoms with van der Waals surface area (Å²) in [5.41, 5.74) is 0. The molecule has 1 heteroatoms. The second-order valence-corrected chi connectivity index (χ2v) is 4.41. The van der Waals surface area contributed by atoms with Gasteiger partial charge in [0.1, 0.15) is 0 Å². The molecular weight excluding hydrogens is 176 g/mol. The lowest BCUT2D eigenvalue weighted by molar-refractivity contribution is 0.595. The molecule has 13 heavy (non-hydrogen) atoms. The Bertz CT molecular complexity index is 124. The van der Waals surface area contributed by atoms with Gasteiger partial charge in [0.25, 0.3) is 0 Å². The van der Waals surface area contributed by atoms with Crippen molar-refractivity contribution < 1.29 is 0 Å². The molecule has 0 unspecified atom stereocenters. The van der Waals surface area contributed by atoms with Crippen molar-refractivity contribution in [2.75, 3.05) is 12.0 Å². The topological polar surface area (TPSA) is 0 Å². The van der Waals surface area contributed by atoms with Crippen LogP contribution >= 0.6 is 11.8 Å². The van der Waals surface area contributed by atoms with E-state index in [0.29, 0.717) is 0 Å². The molecule has 0 radical (unpaired) electrons. The van der Waals surface area contributed by atoms with Crippen LogP contribution in [0.5, 0.6) is 0 Å². The molecule has 0 aliphatic rings. The number of unbranched alkanes of at least 4 members (excludes halogenated alkanes) is 7. The maximum atomic E-state index is 5.17. The Labute approximate surface area is 87.9 Å². The average molecular weight is 198 g/mol. The predicted octanol–water partition coefficient (Wildman–Crippen LogP) is 4.10. The van der Waals surface area contributed by atoms with Crippen LogP contribution in [-0.4, -0.2) is 12.0 Å².